The van der Waals surface area contributed by atoms with Gasteiger partial charge in [0.2, 0.25) is 0 Å². The summed E-state index contributed by atoms with van der Waals surface area (Å²) in [7, 11) is -2.54. The van der Waals surface area contributed by atoms with Crippen molar-refractivity contribution in [3.05, 3.63) is 59.9 Å². The van der Waals surface area contributed by atoms with Crippen LogP contribution in [0.2, 0.25) is 0 Å². The summed E-state index contributed by atoms with van der Waals surface area (Å²) in [5.74, 6) is -0.0246. The zero-order valence-corrected chi connectivity index (χ0v) is 12.7. The standard InChI is InChI=1S/C16H23O2P/c1-13(2)19(18,11-15(4)14(3)10-17)12-16-8-6-5-7-9-16/h5-9,14,17H,1,4,10-12H2,2-3H3. The Morgan fingerprint density at radius 1 is 1.32 bits per heavy atom. The molecule has 1 aromatic rings. The summed E-state index contributed by atoms with van der Waals surface area (Å²) in [4.78, 5) is 0. The lowest BCUT2D eigenvalue weighted by atomic mass is 10.1. The zero-order valence-electron chi connectivity index (χ0n) is 11.8. The fourth-order valence-corrected chi connectivity index (χ4v) is 4.24. The molecule has 0 amide bonds. The van der Waals surface area contributed by atoms with Gasteiger partial charge in [0.25, 0.3) is 0 Å². The highest BCUT2D eigenvalue weighted by Gasteiger charge is 2.26. The summed E-state index contributed by atoms with van der Waals surface area (Å²) >= 11 is 0. The molecular formula is C16H23O2P. The molecule has 19 heavy (non-hydrogen) atoms. The molecule has 0 heterocycles. The van der Waals surface area contributed by atoms with Crippen LogP contribution in [-0.2, 0) is 10.7 Å². The Morgan fingerprint density at radius 3 is 2.37 bits per heavy atom. The average molecular weight is 278 g/mol. The van der Waals surface area contributed by atoms with E-state index in [4.69, 9.17) is 5.11 Å². The fraction of sp³-hybridized carbons (Fsp3) is 0.375. The molecule has 0 aliphatic rings. The van der Waals surface area contributed by atoms with Crippen LogP contribution in [0.25, 0.3) is 0 Å². The van der Waals surface area contributed by atoms with Gasteiger partial charge in [-0.05, 0) is 17.8 Å². The molecule has 1 N–H and O–H groups in total. The van der Waals surface area contributed by atoms with E-state index in [9.17, 15) is 4.57 Å². The topological polar surface area (TPSA) is 37.3 Å². The van der Waals surface area contributed by atoms with Gasteiger partial charge in [-0.2, -0.15) is 0 Å². The van der Waals surface area contributed by atoms with Crippen molar-refractivity contribution in [3.63, 3.8) is 0 Å². The number of rotatable bonds is 7. The Kier molecular flexibility index (Phi) is 5.78. The quantitative estimate of drug-likeness (QED) is 0.597. The maximum absolute atomic E-state index is 13.1. The van der Waals surface area contributed by atoms with Crippen molar-refractivity contribution in [2.75, 3.05) is 12.8 Å². The Labute approximate surface area is 116 Å². The van der Waals surface area contributed by atoms with Crippen LogP contribution in [0.5, 0.6) is 0 Å². The SMILES string of the molecule is C=C(CP(=O)(Cc1ccccc1)C(=C)C)C(C)CO. The number of aliphatic hydroxyl groups excluding tert-OH is 1. The largest absolute Gasteiger partial charge is 0.396 e. The van der Waals surface area contributed by atoms with Gasteiger partial charge in [0.15, 0.2) is 0 Å². The molecule has 2 atom stereocenters. The monoisotopic (exact) mass is 278 g/mol. The first kappa shape index (κ1) is 15.9. The van der Waals surface area contributed by atoms with Gasteiger partial charge in [-0.3, -0.25) is 0 Å². The molecular weight excluding hydrogens is 255 g/mol. The van der Waals surface area contributed by atoms with Crippen molar-refractivity contribution in [2.45, 2.75) is 20.0 Å². The van der Waals surface area contributed by atoms with Gasteiger partial charge >= 0.3 is 0 Å². The highest BCUT2D eigenvalue weighted by molar-refractivity contribution is 7.67. The predicted molar refractivity (Wildman–Crippen MR) is 82.8 cm³/mol. The van der Waals surface area contributed by atoms with Crippen LogP contribution in [0.3, 0.4) is 0 Å². The van der Waals surface area contributed by atoms with E-state index in [1.165, 1.54) is 0 Å². The normalized spacial score (nSPS) is 15.5. The van der Waals surface area contributed by atoms with Crippen molar-refractivity contribution >= 4 is 7.14 Å². The van der Waals surface area contributed by atoms with Crippen molar-refractivity contribution in [1.82, 2.24) is 0 Å². The lowest BCUT2D eigenvalue weighted by Gasteiger charge is -2.22. The van der Waals surface area contributed by atoms with Crippen LogP contribution in [0.1, 0.15) is 19.4 Å². The first-order valence-electron chi connectivity index (χ1n) is 6.45. The summed E-state index contributed by atoms with van der Waals surface area (Å²) in [6, 6.07) is 9.80. The third kappa shape index (κ3) is 4.49. The Bertz CT molecular complexity index is 491. The molecule has 0 radical (unpaired) electrons. The number of aliphatic hydroxyl groups is 1. The van der Waals surface area contributed by atoms with Gasteiger partial charge in [0.05, 0.1) is 0 Å². The molecule has 0 saturated carbocycles. The molecule has 0 aromatic heterocycles. The molecule has 3 heteroatoms. The van der Waals surface area contributed by atoms with E-state index in [1.807, 2.05) is 44.2 Å². The lowest BCUT2D eigenvalue weighted by molar-refractivity contribution is 0.256. The van der Waals surface area contributed by atoms with Gasteiger partial charge in [-0.1, -0.05) is 56.0 Å². The third-order valence-electron chi connectivity index (χ3n) is 3.41. The summed E-state index contributed by atoms with van der Waals surface area (Å²) in [6.07, 6.45) is 0.944. The Morgan fingerprint density at radius 2 is 1.89 bits per heavy atom. The Balaban J connectivity index is 2.90. The number of hydrogen-bond donors (Lipinski definition) is 1. The molecule has 0 bridgehead atoms. The van der Waals surface area contributed by atoms with E-state index < -0.39 is 7.14 Å². The second-order valence-electron chi connectivity index (χ2n) is 5.17. The molecule has 2 unspecified atom stereocenters. The van der Waals surface area contributed by atoms with Crippen molar-refractivity contribution in [1.29, 1.82) is 0 Å². The first-order valence-corrected chi connectivity index (χ1v) is 8.53. The van der Waals surface area contributed by atoms with E-state index in [0.717, 1.165) is 16.5 Å². The molecule has 0 aliphatic carbocycles. The first-order chi connectivity index (χ1) is 8.89. The summed E-state index contributed by atoms with van der Waals surface area (Å²) in [5, 5.41) is 9.88. The maximum Gasteiger partial charge on any atom is 0.118 e. The van der Waals surface area contributed by atoms with Crippen molar-refractivity contribution < 1.29 is 9.67 Å². The third-order valence-corrected chi connectivity index (χ3v) is 6.59. The zero-order chi connectivity index (χ0) is 14.5. The number of benzene rings is 1. The van der Waals surface area contributed by atoms with Gasteiger partial charge in [0.1, 0.15) is 7.14 Å². The molecule has 0 spiro atoms. The van der Waals surface area contributed by atoms with Gasteiger partial charge < -0.3 is 9.67 Å². The summed E-state index contributed by atoms with van der Waals surface area (Å²) < 4.78 is 13.1. The van der Waals surface area contributed by atoms with Crippen LogP contribution in [-0.4, -0.2) is 17.9 Å². The minimum absolute atomic E-state index is 0.0246. The van der Waals surface area contributed by atoms with E-state index in [0.29, 0.717) is 12.3 Å². The van der Waals surface area contributed by atoms with Gasteiger partial charge in [0, 0.05) is 24.8 Å². The van der Waals surface area contributed by atoms with Crippen LogP contribution in [0, 0.1) is 5.92 Å². The minimum atomic E-state index is -2.54. The Hall–Kier alpha value is -1.11. The molecule has 0 fully saturated rings. The van der Waals surface area contributed by atoms with Gasteiger partial charge in [-0.15, -0.1) is 0 Å². The molecule has 104 valence electrons. The molecule has 2 nitrogen and oxygen atoms in total. The summed E-state index contributed by atoms with van der Waals surface area (Å²) in [5.41, 5.74) is 1.89. The lowest BCUT2D eigenvalue weighted by Crippen LogP contribution is -2.08. The molecule has 1 rings (SSSR count). The number of allylic oxidation sites excluding steroid dienone is 1. The fourth-order valence-electron chi connectivity index (χ4n) is 1.82. The molecule has 0 saturated heterocycles. The van der Waals surface area contributed by atoms with Crippen LogP contribution < -0.4 is 0 Å². The van der Waals surface area contributed by atoms with Crippen LogP contribution in [0.4, 0.5) is 0 Å². The van der Waals surface area contributed by atoms with E-state index in [2.05, 4.69) is 13.2 Å². The van der Waals surface area contributed by atoms with Gasteiger partial charge in [-0.25, -0.2) is 0 Å². The number of hydrogen-bond acceptors (Lipinski definition) is 2. The highest BCUT2D eigenvalue weighted by atomic mass is 31.2. The van der Waals surface area contributed by atoms with E-state index >= 15 is 0 Å². The van der Waals surface area contributed by atoms with Crippen LogP contribution >= 0.6 is 7.14 Å². The molecule has 0 aliphatic heterocycles. The van der Waals surface area contributed by atoms with Crippen molar-refractivity contribution in [3.8, 4) is 0 Å². The second-order valence-corrected chi connectivity index (χ2v) is 8.34. The molecule has 1 aromatic carbocycles. The van der Waals surface area contributed by atoms with E-state index in [-0.39, 0.29) is 12.5 Å². The van der Waals surface area contributed by atoms with Crippen molar-refractivity contribution in [2.24, 2.45) is 5.92 Å². The smallest absolute Gasteiger partial charge is 0.118 e. The highest BCUT2D eigenvalue weighted by Crippen LogP contribution is 2.57. The second kappa shape index (κ2) is 6.88. The minimum Gasteiger partial charge on any atom is -0.396 e. The predicted octanol–water partition coefficient (Wildman–Crippen LogP) is 4.27. The maximum atomic E-state index is 13.1. The summed E-state index contributed by atoms with van der Waals surface area (Å²) in [6.45, 7) is 11.6. The van der Waals surface area contributed by atoms with E-state index in [1.54, 1.807) is 0 Å². The van der Waals surface area contributed by atoms with Crippen LogP contribution in [0.15, 0.2) is 54.4 Å². The average Bonchev–Trinajstić information content (AvgIpc) is 2.38.